The Morgan fingerprint density at radius 2 is 2.19 bits per heavy atom. The van der Waals surface area contributed by atoms with Crippen molar-refractivity contribution >= 4 is 45.9 Å². The lowest BCUT2D eigenvalue weighted by Gasteiger charge is -2.15. The van der Waals surface area contributed by atoms with E-state index in [9.17, 15) is 4.79 Å². The van der Waals surface area contributed by atoms with E-state index in [2.05, 4.69) is 31.0 Å². The van der Waals surface area contributed by atoms with Gasteiger partial charge in [0.05, 0.1) is 17.6 Å². The highest BCUT2D eigenvalue weighted by molar-refractivity contribution is 7.08. The predicted molar refractivity (Wildman–Crippen MR) is 121 cm³/mol. The van der Waals surface area contributed by atoms with Gasteiger partial charge in [-0.15, -0.1) is 0 Å². The average molecular weight is 435 g/mol. The largest absolute Gasteiger partial charge is 0.368 e. The topological polar surface area (TPSA) is 101 Å². The number of nitrogens with one attached hydrogen (secondary N) is 2. The fraction of sp³-hybridized carbons (Fsp3) is 0.286. The molecule has 1 amide bonds. The van der Waals surface area contributed by atoms with E-state index in [1.807, 2.05) is 33.0 Å². The number of carbonyl (C=O) groups is 1. The SMILES string of the molecule is O=C1CCCN1CCCNc1nc(Nc2cccnc2)nc2c1ncn2-c1ccsc1. The van der Waals surface area contributed by atoms with Crippen molar-refractivity contribution in [3.63, 3.8) is 0 Å². The second kappa shape index (κ2) is 8.68. The van der Waals surface area contributed by atoms with E-state index in [-0.39, 0.29) is 5.91 Å². The fourth-order valence-electron chi connectivity index (χ4n) is 3.65. The fourth-order valence-corrected chi connectivity index (χ4v) is 4.27. The van der Waals surface area contributed by atoms with Gasteiger partial charge in [0.1, 0.15) is 6.33 Å². The minimum absolute atomic E-state index is 0.252. The second-order valence-corrected chi connectivity index (χ2v) is 8.08. The Hall–Kier alpha value is -3.53. The molecule has 0 aromatic carbocycles. The van der Waals surface area contributed by atoms with Crippen molar-refractivity contribution in [2.75, 3.05) is 30.3 Å². The van der Waals surface area contributed by atoms with Crippen LogP contribution in [0.1, 0.15) is 19.3 Å². The normalized spacial score (nSPS) is 13.8. The highest BCUT2D eigenvalue weighted by Gasteiger charge is 2.19. The quantitative estimate of drug-likeness (QED) is 0.410. The van der Waals surface area contributed by atoms with Gasteiger partial charge in [0.2, 0.25) is 11.9 Å². The summed E-state index contributed by atoms with van der Waals surface area (Å²) in [5, 5.41) is 10.7. The van der Waals surface area contributed by atoms with Crippen LogP contribution in [0.2, 0.25) is 0 Å². The summed E-state index contributed by atoms with van der Waals surface area (Å²) in [6, 6.07) is 5.80. The number of pyridine rings is 1. The van der Waals surface area contributed by atoms with Crippen LogP contribution in [-0.4, -0.2) is 54.9 Å². The molecule has 9 nitrogen and oxygen atoms in total. The van der Waals surface area contributed by atoms with Gasteiger partial charge in [-0.1, -0.05) is 0 Å². The number of anilines is 3. The summed E-state index contributed by atoms with van der Waals surface area (Å²) in [6.07, 6.45) is 7.69. The number of aromatic nitrogens is 5. The van der Waals surface area contributed by atoms with Crippen LogP contribution >= 0.6 is 11.3 Å². The van der Waals surface area contributed by atoms with E-state index >= 15 is 0 Å². The molecule has 2 N–H and O–H groups in total. The lowest BCUT2D eigenvalue weighted by Crippen LogP contribution is -2.27. The zero-order chi connectivity index (χ0) is 21.0. The summed E-state index contributed by atoms with van der Waals surface area (Å²) in [4.78, 5) is 31.8. The Morgan fingerprint density at radius 3 is 2.97 bits per heavy atom. The monoisotopic (exact) mass is 434 g/mol. The van der Waals surface area contributed by atoms with Gasteiger partial charge in [0.25, 0.3) is 0 Å². The van der Waals surface area contributed by atoms with Gasteiger partial charge in [-0.2, -0.15) is 21.3 Å². The number of carbonyl (C=O) groups excluding carboxylic acids is 1. The lowest BCUT2D eigenvalue weighted by molar-refractivity contribution is -0.127. The molecule has 5 heterocycles. The van der Waals surface area contributed by atoms with Gasteiger partial charge in [0, 0.05) is 37.6 Å². The van der Waals surface area contributed by atoms with Gasteiger partial charge in [-0.05, 0) is 36.4 Å². The van der Waals surface area contributed by atoms with Crippen molar-refractivity contribution in [1.29, 1.82) is 0 Å². The molecule has 31 heavy (non-hydrogen) atoms. The number of amides is 1. The number of likely N-dealkylation sites (tertiary alicyclic amines) is 1. The maximum Gasteiger partial charge on any atom is 0.231 e. The maximum atomic E-state index is 11.8. The molecule has 0 bridgehead atoms. The third-order valence-corrected chi connectivity index (χ3v) is 5.84. The van der Waals surface area contributed by atoms with Crippen molar-refractivity contribution in [2.45, 2.75) is 19.3 Å². The predicted octanol–water partition coefficient (Wildman–Crippen LogP) is 3.44. The first-order chi connectivity index (χ1) is 15.3. The molecule has 0 atom stereocenters. The Balaban J connectivity index is 1.40. The molecule has 10 heteroatoms. The van der Waals surface area contributed by atoms with Crippen molar-refractivity contribution < 1.29 is 4.79 Å². The van der Waals surface area contributed by atoms with Crippen LogP contribution in [0.5, 0.6) is 0 Å². The molecule has 1 aliphatic heterocycles. The van der Waals surface area contributed by atoms with Crippen LogP contribution in [0.25, 0.3) is 16.9 Å². The molecular formula is C21H22N8OS. The molecule has 4 aromatic heterocycles. The average Bonchev–Trinajstić information content (AvgIpc) is 3.53. The highest BCUT2D eigenvalue weighted by Crippen LogP contribution is 2.25. The minimum atomic E-state index is 0.252. The number of fused-ring (bicyclic) bond motifs is 1. The van der Waals surface area contributed by atoms with Gasteiger partial charge in [0.15, 0.2) is 17.0 Å². The summed E-state index contributed by atoms with van der Waals surface area (Å²) in [5.41, 5.74) is 3.25. The molecule has 0 saturated carbocycles. The van der Waals surface area contributed by atoms with Crippen molar-refractivity contribution in [3.8, 4) is 5.69 Å². The zero-order valence-electron chi connectivity index (χ0n) is 16.9. The third-order valence-electron chi connectivity index (χ3n) is 5.17. The molecule has 0 aliphatic carbocycles. The Labute approximate surface area is 183 Å². The Kier molecular flexibility index (Phi) is 5.44. The van der Waals surface area contributed by atoms with Crippen molar-refractivity contribution in [2.24, 2.45) is 0 Å². The molecule has 4 aromatic rings. The molecular weight excluding hydrogens is 412 g/mol. The standard InChI is InChI=1S/C21H22N8OS/c30-17-5-2-9-28(17)10-3-8-23-19-18-20(29(14-24-18)16-6-11-31-13-16)27-21(26-19)25-15-4-1-7-22-12-15/h1,4,6-7,11-14H,2-3,5,8-10H2,(H2,23,25,26,27). The first kappa shape index (κ1) is 19.4. The summed E-state index contributed by atoms with van der Waals surface area (Å²) < 4.78 is 1.95. The van der Waals surface area contributed by atoms with Crippen LogP contribution in [-0.2, 0) is 4.79 Å². The lowest BCUT2D eigenvalue weighted by atomic mass is 10.3. The number of thiophene rings is 1. The van der Waals surface area contributed by atoms with Gasteiger partial charge >= 0.3 is 0 Å². The second-order valence-electron chi connectivity index (χ2n) is 7.30. The van der Waals surface area contributed by atoms with E-state index < -0.39 is 0 Å². The summed E-state index contributed by atoms with van der Waals surface area (Å²) in [7, 11) is 0. The smallest absolute Gasteiger partial charge is 0.231 e. The number of rotatable bonds is 8. The zero-order valence-corrected chi connectivity index (χ0v) is 17.7. The van der Waals surface area contributed by atoms with Crippen LogP contribution in [0.3, 0.4) is 0 Å². The molecule has 1 aliphatic rings. The summed E-state index contributed by atoms with van der Waals surface area (Å²) in [6.45, 7) is 2.30. The van der Waals surface area contributed by atoms with Crippen molar-refractivity contribution in [1.82, 2.24) is 29.4 Å². The third kappa shape index (κ3) is 4.19. The van der Waals surface area contributed by atoms with Gasteiger partial charge in [-0.3, -0.25) is 14.3 Å². The van der Waals surface area contributed by atoms with E-state index in [1.165, 1.54) is 0 Å². The number of hydrogen-bond donors (Lipinski definition) is 2. The summed E-state index contributed by atoms with van der Waals surface area (Å²) in [5.74, 6) is 1.38. The van der Waals surface area contributed by atoms with Crippen LogP contribution in [0.4, 0.5) is 17.5 Å². The molecule has 158 valence electrons. The highest BCUT2D eigenvalue weighted by atomic mass is 32.1. The number of hydrogen-bond acceptors (Lipinski definition) is 8. The Bertz CT molecular complexity index is 1180. The minimum Gasteiger partial charge on any atom is -0.368 e. The van der Waals surface area contributed by atoms with Crippen LogP contribution in [0, 0.1) is 0 Å². The first-order valence-corrected chi connectivity index (χ1v) is 11.2. The van der Waals surface area contributed by atoms with Gasteiger partial charge < -0.3 is 15.5 Å². The maximum absolute atomic E-state index is 11.8. The van der Waals surface area contributed by atoms with Crippen LogP contribution in [0.15, 0.2) is 47.7 Å². The molecule has 0 radical (unpaired) electrons. The Morgan fingerprint density at radius 1 is 1.23 bits per heavy atom. The van der Waals surface area contributed by atoms with Crippen molar-refractivity contribution in [3.05, 3.63) is 47.7 Å². The molecule has 0 unspecified atom stereocenters. The molecule has 1 fully saturated rings. The van der Waals surface area contributed by atoms with E-state index in [0.29, 0.717) is 30.2 Å². The summed E-state index contributed by atoms with van der Waals surface area (Å²) >= 11 is 1.62. The number of imidazole rings is 1. The van der Waals surface area contributed by atoms with Gasteiger partial charge in [-0.25, -0.2) is 4.98 Å². The van der Waals surface area contributed by atoms with E-state index in [4.69, 9.17) is 4.98 Å². The molecule has 0 spiro atoms. The first-order valence-electron chi connectivity index (χ1n) is 10.2. The van der Waals surface area contributed by atoms with E-state index in [1.54, 1.807) is 30.1 Å². The van der Waals surface area contributed by atoms with E-state index in [0.717, 1.165) is 43.0 Å². The molecule has 5 rings (SSSR count). The number of nitrogens with zero attached hydrogens (tertiary/aromatic N) is 6. The molecule has 1 saturated heterocycles. The van der Waals surface area contributed by atoms with Crippen LogP contribution < -0.4 is 10.6 Å².